The zero-order valence-corrected chi connectivity index (χ0v) is 16.5. The summed E-state index contributed by atoms with van der Waals surface area (Å²) < 4.78 is 0. The van der Waals surface area contributed by atoms with Gasteiger partial charge in [-0.3, -0.25) is 0 Å². The highest BCUT2D eigenvalue weighted by Gasteiger charge is 2.03. The van der Waals surface area contributed by atoms with Crippen molar-refractivity contribution in [2.45, 2.75) is 34.1 Å². The molecule has 0 N–H and O–H groups in total. The lowest BCUT2D eigenvalue weighted by Gasteiger charge is -2.06. The Balaban J connectivity index is 1.92. The second kappa shape index (κ2) is 8.44. The first-order valence-electron chi connectivity index (χ1n) is 9.36. The lowest BCUT2D eigenvalue weighted by Crippen LogP contribution is -1.93. The third-order valence-corrected chi connectivity index (χ3v) is 4.62. The molecule has 0 heteroatoms. The van der Waals surface area contributed by atoms with Crippen LogP contribution in [-0.2, 0) is 6.42 Å². The maximum absolute atomic E-state index is 3.35. The fraction of sp³-hybridized carbons (Fsp3) is 0.185. The van der Waals surface area contributed by atoms with Crippen LogP contribution < -0.4 is 0 Å². The average Bonchev–Trinajstić information content (AvgIpc) is 2.68. The number of rotatable bonds is 1. The highest BCUT2D eigenvalue weighted by Crippen LogP contribution is 2.17. The second-order valence-electron chi connectivity index (χ2n) is 6.91. The van der Waals surface area contributed by atoms with Crippen molar-refractivity contribution in [1.29, 1.82) is 0 Å². The van der Waals surface area contributed by atoms with Crippen molar-refractivity contribution in [2.75, 3.05) is 0 Å². The molecule has 0 saturated carbocycles. The number of benzene rings is 3. The molecule has 3 aromatic carbocycles. The minimum Gasteiger partial charge on any atom is -0.0616 e. The number of hydrogen-bond donors (Lipinski definition) is 0. The highest BCUT2D eigenvalue weighted by molar-refractivity contribution is 5.55. The van der Waals surface area contributed by atoms with E-state index in [4.69, 9.17) is 0 Å². The molecule has 0 amide bonds. The minimum atomic E-state index is 0.942. The standard InChI is InChI=1S/C27H24/c1-5-25-19-26(16-14-23-10-6-20(2)7-11-23)22(4)18-27(25)17-15-24-12-8-21(3)9-13-24/h6-13,18-19H,5H2,1-4H3. The van der Waals surface area contributed by atoms with E-state index in [1.54, 1.807) is 0 Å². The molecule has 0 aliphatic heterocycles. The van der Waals surface area contributed by atoms with E-state index in [9.17, 15) is 0 Å². The summed E-state index contributed by atoms with van der Waals surface area (Å²) in [7, 11) is 0. The Labute approximate surface area is 163 Å². The van der Waals surface area contributed by atoms with E-state index in [2.05, 4.69) is 112 Å². The molecular weight excluding hydrogens is 324 g/mol. The molecule has 0 nitrogen and oxygen atoms in total. The summed E-state index contributed by atoms with van der Waals surface area (Å²) in [5.74, 6) is 13.2. The second-order valence-corrected chi connectivity index (χ2v) is 6.91. The van der Waals surface area contributed by atoms with Crippen LogP contribution in [0.15, 0.2) is 60.7 Å². The lowest BCUT2D eigenvalue weighted by atomic mass is 9.97. The van der Waals surface area contributed by atoms with E-state index in [0.717, 1.165) is 28.7 Å². The van der Waals surface area contributed by atoms with Gasteiger partial charge in [-0.25, -0.2) is 0 Å². The zero-order chi connectivity index (χ0) is 19.2. The van der Waals surface area contributed by atoms with E-state index in [0.29, 0.717) is 0 Å². The molecule has 3 aromatic rings. The maximum Gasteiger partial charge on any atom is 0.0284 e. The van der Waals surface area contributed by atoms with Crippen molar-refractivity contribution in [2.24, 2.45) is 0 Å². The predicted molar refractivity (Wildman–Crippen MR) is 115 cm³/mol. The molecule has 0 unspecified atom stereocenters. The summed E-state index contributed by atoms with van der Waals surface area (Å²) in [6.45, 7) is 8.45. The molecule has 0 atom stereocenters. The molecule has 27 heavy (non-hydrogen) atoms. The van der Waals surface area contributed by atoms with E-state index in [1.807, 2.05) is 0 Å². The molecule has 0 aromatic heterocycles. The van der Waals surface area contributed by atoms with Crippen molar-refractivity contribution in [3.63, 3.8) is 0 Å². The average molecular weight is 348 g/mol. The molecule has 0 radical (unpaired) electrons. The highest BCUT2D eigenvalue weighted by atomic mass is 14.1. The van der Waals surface area contributed by atoms with Gasteiger partial charge in [0.2, 0.25) is 0 Å². The SMILES string of the molecule is CCc1cc(C#Cc2ccc(C)cc2)c(C)cc1C#Cc1ccc(C)cc1. The van der Waals surface area contributed by atoms with Crippen LogP contribution in [0.4, 0.5) is 0 Å². The summed E-state index contributed by atoms with van der Waals surface area (Å²) in [5, 5.41) is 0. The van der Waals surface area contributed by atoms with E-state index >= 15 is 0 Å². The predicted octanol–water partition coefficient (Wildman–Crippen LogP) is 5.97. The third-order valence-electron chi connectivity index (χ3n) is 4.62. The van der Waals surface area contributed by atoms with Gasteiger partial charge >= 0.3 is 0 Å². The van der Waals surface area contributed by atoms with E-state index in [1.165, 1.54) is 22.3 Å². The molecule has 0 aliphatic carbocycles. The van der Waals surface area contributed by atoms with E-state index in [-0.39, 0.29) is 0 Å². The first-order valence-corrected chi connectivity index (χ1v) is 9.36. The maximum atomic E-state index is 3.35. The Morgan fingerprint density at radius 2 is 1.07 bits per heavy atom. The smallest absolute Gasteiger partial charge is 0.0284 e. The molecule has 0 bridgehead atoms. The van der Waals surface area contributed by atoms with Crippen molar-refractivity contribution >= 4 is 0 Å². The van der Waals surface area contributed by atoms with Gasteiger partial charge in [0, 0.05) is 22.3 Å². The molecule has 0 spiro atoms. The molecule has 3 rings (SSSR count). The van der Waals surface area contributed by atoms with Crippen LogP contribution in [0.5, 0.6) is 0 Å². The molecule has 0 saturated heterocycles. The van der Waals surface area contributed by atoms with Crippen LogP contribution in [0.25, 0.3) is 0 Å². The van der Waals surface area contributed by atoms with Crippen molar-refractivity contribution in [3.8, 4) is 23.7 Å². The Bertz CT molecular complexity index is 1060. The molecular formula is C27H24. The summed E-state index contributed by atoms with van der Waals surface area (Å²) in [6.07, 6.45) is 0.942. The van der Waals surface area contributed by atoms with Crippen molar-refractivity contribution < 1.29 is 0 Å². The largest absolute Gasteiger partial charge is 0.0616 e. The fourth-order valence-corrected chi connectivity index (χ4v) is 2.85. The van der Waals surface area contributed by atoms with Gasteiger partial charge in [-0.15, -0.1) is 0 Å². The Morgan fingerprint density at radius 3 is 1.56 bits per heavy atom. The Hall–Kier alpha value is -3.22. The third kappa shape index (κ3) is 4.91. The minimum absolute atomic E-state index is 0.942. The Kier molecular flexibility index (Phi) is 5.80. The van der Waals surface area contributed by atoms with Gasteiger partial charge in [-0.2, -0.15) is 0 Å². The molecule has 0 aliphatic rings. The van der Waals surface area contributed by atoms with Gasteiger partial charge in [0.1, 0.15) is 0 Å². The monoisotopic (exact) mass is 348 g/mol. The summed E-state index contributed by atoms with van der Waals surface area (Å²) >= 11 is 0. The van der Waals surface area contributed by atoms with Crippen LogP contribution in [0.1, 0.15) is 51.4 Å². The fourth-order valence-electron chi connectivity index (χ4n) is 2.85. The quantitative estimate of drug-likeness (QED) is 0.475. The van der Waals surface area contributed by atoms with Gasteiger partial charge in [0.05, 0.1) is 0 Å². The van der Waals surface area contributed by atoms with Crippen LogP contribution in [0.3, 0.4) is 0 Å². The van der Waals surface area contributed by atoms with Gasteiger partial charge in [-0.1, -0.05) is 66.0 Å². The van der Waals surface area contributed by atoms with Crippen LogP contribution in [0.2, 0.25) is 0 Å². The first kappa shape index (κ1) is 18.6. The molecule has 0 heterocycles. The lowest BCUT2D eigenvalue weighted by molar-refractivity contribution is 1.12. The van der Waals surface area contributed by atoms with Gasteiger partial charge in [-0.05, 0) is 74.7 Å². The topological polar surface area (TPSA) is 0 Å². The van der Waals surface area contributed by atoms with Gasteiger partial charge < -0.3 is 0 Å². The normalized spacial score (nSPS) is 9.78. The van der Waals surface area contributed by atoms with Crippen LogP contribution in [-0.4, -0.2) is 0 Å². The van der Waals surface area contributed by atoms with E-state index < -0.39 is 0 Å². The Morgan fingerprint density at radius 1 is 0.593 bits per heavy atom. The van der Waals surface area contributed by atoms with Gasteiger partial charge in [0.15, 0.2) is 0 Å². The number of aryl methyl sites for hydroxylation is 4. The van der Waals surface area contributed by atoms with Crippen molar-refractivity contribution in [1.82, 2.24) is 0 Å². The van der Waals surface area contributed by atoms with Crippen molar-refractivity contribution in [3.05, 3.63) is 105 Å². The van der Waals surface area contributed by atoms with Gasteiger partial charge in [0.25, 0.3) is 0 Å². The van der Waals surface area contributed by atoms with Crippen LogP contribution in [0, 0.1) is 44.5 Å². The molecule has 0 fully saturated rings. The summed E-state index contributed by atoms with van der Waals surface area (Å²) in [5.41, 5.74) is 9.17. The summed E-state index contributed by atoms with van der Waals surface area (Å²) in [6, 6.07) is 21.0. The molecule has 132 valence electrons. The van der Waals surface area contributed by atoms with Crippen LogP contribution >= 0.6 is 0 Å². The number of hydrogen-bond acceptors (Lipinski definition) is 0. The summed E-state index contributed by atoms with van der Waals surface area (Å²) in [4.78, 5) is 0. The zero-order valence-electron chi connectivity index (χ0n) is 16.5. The first-order chi connectivity index (χ1) is 13.0.